The van der Waals surface area contributed by atoms with Crippen LogP contribution >= 0.6 is 0 Å². The van der Waals surface area contributed by atoms with Gasteiger partial charge in [0.1, 0.15) is 6.04 Å². The molecule has 1 aromatic heterocycles. The molecule has 1 heterocycles. The number of benzene rings is 1. The molecule has 0 N–H and O–H groups in total. The zero-order valence-electron chi connectivity index (χ0n) is 14.3. The van der Waals surface area contributed by atoms with Gasteiger partial charge < -0.3 is 14.2 Å². The molecule has 2 atom stereocenters. The summed E-state index contributed by atoms with van der Waals surface area (Å²) in [5.41, 5.74) is 1.01. The molecule has 0 aliphatic heterocycles. The second-order valence-electron chi connectivity index (χ2n) is 5.81. The van der Waals surface area contributed by atoms with E-state index in [4.69, 9.17) is 4.74 Å². The maximum absolute atomic E-state index is 12.9. The fraction of sp³-hybridized carbons (Fsp3) is 0.389. The van der Waals surface area contributed by atoms with E-state index in [9.17, 15) is 9.59 Å². The molecule has 0 aliphatic carbocycles. The van der Waals surface area contributed by atoms with Crippen LogP contribution in [0.4, 0.5) is 0 Å². The lowest BCUT2D eigenvalue weighted by molar-refractivity contribution is -0.147. The van der Waals surface area contributed by atoms with Crippen molar-refractivity contribution in [1.29, 1.82) is 0 Å². The topological polar surface area (TPSA) is 64.4 Å². The van der Waals surface area contributed by atoms with Crippen LogP contribution in [-0.2, 0) is 20.9 Å². The maximum atomic E-state index is 12.9. The minimum absolute atomic E-state index is 0.0624. The number of esters is 1. The molecule has 2 aromatic rings. The highest BCUT2D eigenvalue weighted by atomic mass is 16.5. The number of imidazole rings is 1. The zero-order chi connectivity index (χ0) is 17.5. The lowest BCUT2D eigenvalue weighted by Crippen LogP contribution is -2.40. The van der Waals surface area contributed by atoms with Crippen LogP contribution in [0.3, 0.4) is 0 Å². The van der Waals surface area contributed by atoms with Gasteiger partial charge in [0.05, 0.1) is 19.4 Å². The highest BCUT2D eigenvalue weighted by molar-refractivity contribution is 5.81. The Hall–Kier alpha value is -2.63. The number of carbonyl (C=O) groups is 2. The first-order chi connectivity index (χ1) is 11.5. The molecule has 0 saturated heterocycles. The third-order valence-corrected chi connectivity index (χ3v) is 3.96. The van der Waals surface area contributed by atoms with Crippen LogP contribution in [0.5, 0.6) is 0 Å². The van der Waals surface area contributed by atoms with Gasteiger partial charge in [-0.1, -0.05) is 37.3 Å². The molecular formula is C18H23N3O3. The highest BCUT2D eigenvalue weighted by Crippen LogP contribution is 2.15. The first-order valence-electron chi connectivity index (χ1n) is 7.91. The monoisotopic (exact) mass is 329 g/mol. The van der Waals surface area contributed by atoms with Gasteiger partial charge in [0.2, 0.25) is 5.91 Å². The normalized spacial score (nSPS) is 13.1. The Labute approximate surface area is 142 Å². The zero-order valence-corrected chi connectivity index (χ0v) is 14.3. The van der Waals surface area contributed by atoms with Crippen LogP contribution in [0.1, 0.15) is 25.5 Å². The molecular weight excluding hydrogens is 306 g/mol. The molecule has 2 rings (SSSR count). The van der Waals surface area contributed by atoms with E-state index in [1.807, 2.05) is 37.3 Å². The Balaban J connectivity index is 2.17. The molecule has 1 aromatic carbocycles. The lowest BCUT2D eigenvalue weighted by atomic mass is 10.1. The van der Waals surface area contributed by atoms with Crippen molar-refractivity contribution in [2.75, 3.05) is 13.7 Å². The fourth-order valence-corrected chi connectivity index (χ4v) is 2.53. The van der Waals surface area contributed by atoms with Crippen molar-refractivity contribution >= 4 is 11.9 Å². The predicted molar refractivity (Wildman–Crippen MR) is 90.0 cm³/mol. The van der Waals surface area contributed by atoms with Gasteiger partial charge >= 0.3 is 5.97 Å². The Morgan fingerprint density at radius 1 is 1.25 bits per heavy atom. The van der Waals surface area contributed by atoms with Crippen LogP contribution in [0.2, 0.25) is 0 Å². The molecule has 6 nitrogen and oxygen atoms in total. The predicted octanol–water partition coefficient (Wildman–Crippen LogP) is 2.28. The van der Waals surface area contributed by atoms with E-state index in [0.29, 0.717) is 13.1 Å². The number of hydrogen-bond acceptors (Lipinski definition) is 4. The number of methoxy groups -OCH3 is 1. The summed E-state index contributed by atoms with van der Waals surface area (Å²) in [5, 5.41) is 0. The number of aromatic nitrogens is 2. The molecule has 2 unspecified atom stereocenters. The molecule has 0 saturated carbocycles. The Morgan fingerprint density at radius 3 is 2.54 bits per heavy atom. The quantitative estimate of drug-likeness (QED) is 0.731. The van der Waals surface area contributed by atoms with Gasteiger partial charge in [-0.3, -0.25) is 9.59 Å². The summed E-state index contributed by atoms with van der Waals surface area (Å²) in [7, 11) is 1.36. The minimum atomic E-state index is -0.391. The van der Waals surface area contributed by atoms with Crippen molar-refractivity contribution < 1.29 is 14.3 Å². The molecule has 24 heavy (non-hydrogen) atoms. The van der Waals surface area contributed by atoms with Gasteiger partial charge in [-0.2, -0.15) is 0 Å². The summed E-state index contributed by atoms with van der Waals surface area (Å²) in [6.45, 7) is 4.34. The van der Waals surface area contributed by atoms with Crippen LogP contribution in [0, 0.1) is 5.92 Å². The van der Waals surface area contributed by atoms with Crippen LogP contribution < -0.4 is 0 Å². The molecule has 128 valence electrons. The number of rotatable bonds is 7. The summed E-state index contributed by atoms with van der Waals surface area (Å²) in [6.07, 6.45) is 5.02. The summed E-state index contributed by atoms with van der Waals surface area (Å²) in [4.78, 5) is 30.3. The molecule has 0 radical (unpaired) electrons. The van der Waals surface area contributed by atoms with Gasteiger partial charge in [-0.15, -0.1) is 0 Å². The molecule has 6 heteroatoms. The first kappa shape index (κ1) is 17.7. The van der Waals surface area contributed by atoms with Crippen molar-refractivity contribution in [2.45, 2.75) is 26.4 Å². The standard InChI is InChI=1S/C18H23N3O3/c1-14(18(23)24-3)11-21(12-16-7-5-4-6-8-16)17(22)15(2)20-10-9-19-13-20/h4-10,13-15H,11-12H2,1-3H3. The summed E-state index contributed by atoms with van der Waals surface area (Å²) < 4.78 is 6.54. The van der Waals surface area contributed by atoms with Crippen LogP contribution in [0.15, 0.2) is 49.1 Å². The van der Waals surface area contributed by atoms with E-state index >= 15 is 0 Å². The number of ether oxygens (including phenoxy) is 1. The molecule has 0 aliphatic rings. The average molecular weight is 329 g/mol. The van der Waals surface area contributed by atoms with Gasteiger partial charge in [0.15, 0.2) is 0 Å². The van der Waals surface area contributed by atoms with Gasteiger partial charge in [-0.05, 0) is 12.5 Å². The van der Waals surface area contributed by atoms with E-state index in [1.165, 1.54) is 7.11 Å². The Morgan fingerprint density at radius 2 is 1.96 bits per heavy atom. The first-order valence-corrected chi connectivity index (χ1v) is 7.91. The Kier molecular flexibility index (Phi) is 6.12. The van der Waals surface area contributed by atoms with Gasteiger partial charge in [0.25, 0.3) is 0 Å². The molecule has 0 bridgehead atoms. The van der Waals surface area contributed by atoms with Gasteiger partial charge in [-0.25, -0.2) is 4.98 Å². The van der Waals surface area contributed by atoms with E-state index < -0.39 is 5.92 Å². The summed E-state index contributed by atoms with van der Waals surface area (Å²) >= 11 is 0. The van der Waals surface area contributed by atoms with E-state index in [-0.39, 0.29) is 17.9 Å². The van der Waals surface area contributed by atoms with E-state index in [0.717, 1.165) is 5.56 Å². The van der Waals surface area contributed by atoms with Crippen molar-refractivity contribution in [3.8, 4) is 0 Å². The van der Waals surface area contributed by atoms with Crippen molar-refractivity contribution in [3.05, 3.63) is 54.6 Å². The van der Waals surface area contributed by atoms with Crippen LogP contribution in [0.25, 0.3) is 0 Å². The lowest BCUT2D eigenvalue weighted by Gasteiger charge is -2.28. The van der Waals surface area contributed by atoms with Crippen molar-refractivity contribution in [3.63, 3.8) is 0 Å². The van der Waals surface area contributed by atoms with Gasteiger partial charge in [0, 0.05) is 25.5 Å². The number of carbonyl (C=O) groups excluding carboxylic acids is 2. The van der Waals surface area contributed by atoms with E-state index in [1.54, 1.807) is 35.1 Å². The second-order valence-corrected chi connectivity index (χ2v) is 5.81. The maximum Gasteiger partial charge on any atom is 0.310 e. The van der Waals surface area contributed by atoms with E-state index in [2.05, 4.69) is 4.98 Å². The third-order valence-electron chi connectivity index (χ3n) is 3.96. The summed E-state index contributed by atoms with van der Waals surface area (Å²) in [6, 6.07) is 9.33. The third kappa shape index (κ3) is 4.44. The summed E-state index contributed by atoms with van der Waals surface area (Å²) in [5.74, 6) is -0.776. The fourth-order valence-electron chi connectivity index (χ4n) is 2.53. The number of nitrogens with zero attached hydrogens (tertiary/aromatic N) is 3. The second kappa shape index (κ2) is 8.29. The number of hydrogen-bond donors (Lipinski definition) is 0. The molecule has 0 fully saturated rings. The SMILES string of the molecule is COC(=O)C(C)CN(Cc1ccccc1)C(=O)C(C)n1ccnc1. The molecule has 1 amide bonds. The largest absolute Gasteiger partial charge is 0.469 e. The number of amides is 1. The average Bonchev–Trinajstić information content (AvgIpc) is 3.14. The van der Waals surface area contributed by atoms with Crippen molar-refractivity contribution in [2.24, 2.45) is 5.92 Å². The Bertz CT molecular complexity index is 655. The highest BCUT2D eigenvalue weighted by Gasteiger charge is 2.26. The van der Waals surface area contributed by atoms with Crippen molar-refractivity contribution in [1.82, 2.24) is 14.5 Å². The smallest absolute Gasteiger partial charge is 0.310 e. The minimum Gasteiger partial charge on any atom is -0.469 e. The van der Waals surface area contributed by atoms with Crippen LogP contribution in [-0.4, -0.2) is 40.0 Å². The molecule has 0 spiro atoms.